The van der Waals surface area contributed by atoms with E-state index in [-0.39, 0.29) is 0 Å². The van der Waals surface area contributed by atoms with Crippen molar-refractivity contribution in [3.63, 3.8) is 0 Å². The molecule has 0 spiro atoms. The number of furan rings is 1. The third-order valence-electron chi connectivity index (χ3n) is 9.59. The highest BCUT2D eigenvalue weighted by atomic mass is 16.3. The number of rotatable bonds is 3. The molecule has 0 N–H and O–H groups in total. The van der Waals surface area contributed by atoms with Crippen molar-refractivity contribution in [2.24, 2.45) is 0 Å². The van der Waals surface area contributed by atoms with E-state index in [0.717, 1.165) is 40.5 Å². The molecule has 212 valence electrons. The van der Waals surface area contributed by atoms with E-state index in [2.05, 4.69) is 155 Å². The Morgan fingerprint density at radius 2 is 1.18 bits per heavy atom. The molecule has 9 aromatic rings. The van der Waals surface area contributed by atoms with Crippen LogP contribution in [0.15, 0.2) is 144 Å². The molecule has 1 aliphatic rings. The molecule has 10 rings (SSSR count). The van der Waals surface area contributed by atoms with E-state index in [1.165, 1.54) is 60.8 Å². The van der Waals surface area contributed by atoms with Gasteiger partial charge in [-0.15, -0.1) is 0 Å². The molecule has 3 aromatic heterocycles. The van der Waals surface area contributed by atoms with Crippen LogP contribution in [0.4, 0.5) is 0 Å². The number of allylic oxidation sites excluding steroid dienone is 1. The van der Waals surface area contributed by atoms with Gasteiger partial charge in [-0.3, -0.25) is 0 Å². The average Bonchev–Trinajstić information content (AvgIpc) is 3.76. The van der Waals surface area contributed by atoms with Gasteiger partial charge >= 0.3 is 0 Å². The minimum absolute atomic E-state index is 0.897. The minimum Gasteiger partial charge on any atom is -0.454 e. The summed E-state index contributed by atoms with van der Waals surface area (Å²) in [4.78, 5) is 0. The van der Waals surface area contributed by atoms with Crippen LogP contribution in [0.2, 0.25) is 0 Å². The monoisotopic (exact) mass is 576 g/mol. The summed E-state index contributed by atoms with van der Waals surface area (Å²) in [5, 5.41) is 6.10. The van der Waals surface area contributed by atoms with E-state index in [4.69, 9.17) is 4.42 Å². The molecule has 45 heavy (non-hydrogen) atoms. The lowest BCUT2D eigenvalue weighted by Gasteiger charge is -2.13. The van der Waals surface area contributed by atoms with Crippen LogP contribution in [-0.4, -0.2) is 9.13 Å². The first-order valence-electron chi connectivity index (χ1n) is 15.7. The van der Waals surface area contributed by atoms with Gasteiger partial charge in [0.15, 0.2) is 5.58 Å². The number of para-hydroxylation sites is 4. The van der Waals surface area contributed by atoms with Crippen molar-refractivity contribution in [1.29, 1.82) is 0 Å². The van der Waals surface area contributed by atoms with E-state index in [1.54, 1.807) is 0 Å². The van der Waals surface area contributed by atoms with E-state index in [1.807, 2.05) is 0 Å². The zero-order chi connectivity index (χ0) is 29.5. The highest BCUT2D eigenvalue weighted by Crippen LogP contribution is 2.40. The molecule has 0 saturated carbocycles. The Labute approximate surface area is 259 Å². The standard InChI is InChI=1S/C42H28N2O/c1-5-18-36-30(13-1)31-14-2-6-19-37(31)43(36)29-12-9-11-27(25-29)28-23-24-41-35(26-28)34-17-10-22-40(42(34)45-41)44-38-20-7-3-15-32(38)33-16-4-8-21-39(33)44/h1,3-13,15-26H,2,14H2. The Morgan fingerprint density at radius 1 is 0.511 bits per heavy atom. The number of fused-ring (bicyclic) bond motifs is 9. The number of hydrogen-bond acceptors (Lipinski definition) is 1. The van der Waals surface area contributed by atoms with Crippen LogP contribution < -0.4 is 0 Å². The van der Waals surface area contributed by atoms with Crippen LogP contribution in [0.25, 0.3) is 83.2 Å². The quantitative estimate of drug-likeness (QED) is 0.205. The van der Waals surface area contributed by atoms with Crippen LogP contribution in [0.5, 0.6) is 0 Å². The topological polar surface area (TPSA) is 23.0 Å². The van der Waals surface area contributed by atoms with Gasteiger partial charge in [0, 0.05) is 38.3 Å². The average molecular weight is 577 g/mol. The molecule has 0 saturated heterocycles. The molecule has 3 heterocycles. The van der Waals surface area contributed by atoms with Crippen LogP contribution in [0, 0.1) is 0 Å². The van der Waals surface area contributed by atoms with Gasteiger partial charge in [-0.25, -0.2) is 0 Å². The van der Waals surface area contributed by atoms with Gasteiger partial charge in [0.25, 0.3) is 0 Å². The second-order valence-corrected chi connectivity index (χ2v) is 12.0. The Hall–Kier alpha value is -5.80. The van der Waals surface area contributed by atoms with Crippen LogP contribution in [0.1, 0.15) is 17.7 Å². The van der Waals surface area contributed by atoms with Crippen molar-refractivity contribution < 1.29 is 4.42 Å². The molecule has 1 aliphatic carbocycles. The molecule has 0 unspecified atom stereocenters. The largest absolute Gasteiger partial charge is 0.454 e. The summed E-state index contributed by atoms with van der Waals surface area (Å²) >= 11 is 0. The van der Waals surface area contributed by atoms with Gasteiger partial charge < -0.3 is 13.6 Å². The minimum atomic E-state index is 0.897. The van der Waals surface area contributed by atoms with Gasteiger partial charge in [0.05, 0.1) is 22.2 Å². The normalized spacial score (nSPS) is 13.1. The number of aryl methyl sites for hydroxylation is 1. The van der Waals surface area contributed by atoms with Gasteiger partial charge in [-0.05, 0) is 84.1 Å². The van der Waals surface area contributed by atoms with E-state index in [0.29, 0.717) is 0 Å². The number of benzene rings is 6. The lowest BCUT2D eigenvalue weighted by atomic mass is 10.0. The third-order valence-corrected chi connectivity index (χ3v) is 9.59. The molecular formula is C42H28N2O. The predicted octanol–water partition coefficient (Wildman–Crippen LogP) is 11.3. The zero-order valence-corrected chi connectivity index (χ0v) is 24.6. The Bertz CT molecular complexity index is 2610. The maximum absolute atomic E-state index is 6.66. The molecule has 6 aromatic carbocycles. The van der Waals surface area contributed by atoms with Crippen molar-refractivity contribution in [2.45, 2.75) is 12.8 Å². The summed E-state index contributed by atoms with van der Waals surface area (Å²) in [7, 11) is 0. The molecule has 0 atom stereocenters. The summed E-state index contributed by atoms with van der Waals surface area (Å²) < 4.78 is 11.4. The fourth-order valence-electron chi connectivity index (χ4n) is 7.61. The zero-order valence-electron chi connectivity index (χ0n) is 24.6. The van der Waals surface area contributed by atoms with E-state index >= 15 is 0 Å². The van der Waals surface area contributed by atoms with Crippen molar-refractivity contribution in [3.05, 3.63) is 151 Å². The van der Waals surface area contributed by atoms with Crippen molar-refractivity contribution in [2.75, 3.05) is 0 Å². The molecule has 0 fully saturated rings. The Kier molecular flexibility index (Phi) is 5.11. The Morgan fingerprint density at radius 3 is 1.98 bits per heavy atom. The summed E-state index contributed by atoms with van der Waals surface area (Å²) in [6.07, 6.45) is 6.77. The molecule has 3 heteroatoms. The fraction of sp³-hybridized carbons (Fsp3) is 0.0476. The molecule has 0 aliphatic heterocycles. The molecule has 3 nitrogen and oxygen atoms in total. The first kappa shape index (κ1) is 24.6. The van der Waals surface area contributed by atoms with Crippen LogP contribution in [-0.2, 0) is 6.42 Å². The SMILES string of the molecule is C1=Cc2c(c3ccccc3n2-c2cccc(-c3ccc4oc5c(-n6c7ccccc7c7ccccc76)cccc5c4c3)c2)CC1. The predicted molar refractivity (Wildman–Crippen MR) is 188 cm³/mol. The molecule has 0 bridgehead atoms. The lowest BCUT2D eigenvalue weighted by molar-refractivity contribution is 0.666. The first-order valence-corrected chi connectivity index (χ1v) is 15.7. The third kappa shape index (κ3) is 3.52. The smallest absolute Gasteiger partial charge is 0.159 e. The first-order chi connectivity index (χ1) is 22.3. The van der Waals surface area contributed by atoms with Gasteiger partial charge in [0.2, 0.25) is 0 Å². The van der Waals surface area contributed by atoms with Gasteiger partial charge in [0.1, 0.15) is 5.58 Å². The highest BCUT2D eigenvalue weighted by molar-refractivity contribution is 6.13. The summed E-state index contributed by atoms with van der Waals surface area (Å²) in [6, 6.07) is 48.1. The van der Waals surface area contributed by atoms with Crippen LogP contribution >= 0.6 is 0 Å². The highest BCUT2D eigenvalue weighted by Gasteiger charge is 2.20. The Balaban J connectivity index is 1.15. The molecular weight excluding hydrogens is 548 g/mol. The lowest BCUT2D eigenvalue weighted by Crippen LogP contribution is -2.00. The van der Waals surface area contributed by atoms with Gasteiger partial charge in [-0.2, -0.15) is 0 Å². The maximum Gasteiger partial charge on any atom is 0.159 e. The number of nitrogens with zero attached hydrogens (tertiary/aromatic N) is 2. The van der Waals surface area contributed by atoms with Gasteiger partial charge in [-0.1, -0.05) is 91.0 Å². The number of aromatic nitrogens is 2. The maximum atomic E-state index is 6.66. The summed E-state index contributed by atoms with van der Waals surface area (Å²) in [5.41, 5.74) is 12.8. The van der Waals surface area contributed by atoms with Crippen molar-refractivity contribution in [1.82, 2.24) is 9.13 Å². The summed E-state index contributed by atoms with van der Waals surface area (Å²) in [6.45, 7) is 0. The second-order valence-electron chi connectivity index (χ2n) is 12.0. The molecule has 0 radical (unpaired) electrons. The van der Waals surface area contributed by atoms with Crippen LogP contribution in [0.3, 0.4) is 0 Å². The summed E-state index contributed by atoms with van der Waals surface area (Å²) in [5.74, 6) is 0. The van der Waals surface area contributed by atoms with Crippen molar-refractivity contribution >= 4 is 60.7 Å². The van der Waals surface area contributed by atoms with E-state index < -0.39 is 0 Å². The fourth-order valence-corrected chi connectivity index (χ4v) is 7.61. The van der Waals surface area contributed by atoms with Crippen molar-refractivity contribution in [3.8, 4) is 22.5 Å². The second kappa shape index (κ2) is 9.35. The van der Waals surface area contributed by atoms with E-state index in [9.17, 15) is 0 Å². The molecule has 0 amide bonds. The number of hydrogen-bond donors (Lipinski definition) is 0.